The minimum absolute atomic E-state index is 0.980. The molecule has 2 aromatic carbocycles. The quantitative estimate of drug-likeness (QED) is 0.452. The highest BCUT2D eigenvalue weighted by Crippen LogP contribution is 2.37. The number of benzene rings is 2. The molecule has 2 aromatic heterocycles. The van der Waals surface area contributed by atoms with Crippen molar-refractivity contribution in [2.24, 2.45) is 7.05 Å². The van der Waals surface area contributed by atoms with Gasteiger partial charge in [-0.2, -0.15) is 0 Å². The second kappa shape index (κ2) is 4.95. The average molecular weight is 302 g/mol. The minimum Gasteiger partial charge on any atom is -0.455 e. The Hall–Kier alpha value is -2.61. The van der Waals surface area contributed by atoms with E-state index in [4.69, 9.17) is 4.42 Å². The van der Waals surface area contributed by atoms with Crippen LogP contribution in [-0.4, -0.2) is 0 Å². The number of para-hydroxylation sites is 1. The van der Waals surface area contributed by atoms with Crippen molar-refractivity contribution >= 4 is 21.9 Å². The van der Waals surface area contributed by atoms with Crippen LogP contribution >= 0.6 is 0 Å². The summed E-state index contributed by atoms with van der Waals surface area (Å²) in [6, 6.07) is 15.0. The molecule has 4 rings (SSSR count). The van der Waals surface area contributed by atoms with Crippen molar-refractivity contribution < 1.29 is 8.98 Å². The maximum atomic E-state index is 6.32. The van der Waals surface area contributed by atoms with Gasteiger partial charge in [0.05, 0.1) is 5.56 Å². The summed E-state index contributed by atoms with van der Waals surface area (Å²) >= 11 is 0. The molecule has 0 saturated carbocycles. The molecule has 0 saturated heterocycles. The first kappa shape index (κ1) is 14.0. The van der Waals surface area contributed by atoms with Crippen molar-refractivity contribution in [2.75, 3.05) is 0 Å². The third kappa shape index (κ3) is 2.06. The Bertz CT molecular complexity index is 1060. The molecule has 0 amide bonds. The molecular formula is C21H20NO+. The van der Waals surface area contributed by atoms with Gasteiger partial charge < -0.3 is 4.42 Å². The SMILES string of the molecule is Cc1ccc(-c2c(C)ccc3c2oc2c(C)cccc23)[n+](C)c1. The summed E-state index contributed by atoms with van der Waals surface area (Å²) in [5.41, 5.74) is 7.99. The number of aryl methyl sites for hydroxylation is 4. The summed E-state index contributed by atoms with van der Waals surface area (Å²) in [5, 5.41) is 2.38. The van der Waals surface area contributed by atoms with Crippen LogP contribution in [0, 0.1) is 20.8 Å². The van der Waals surface area contributed by atoms with Gasteiger partial charge in [-0.05, 0) is 38.0 Å². The van der Waals surface area contributed by atoms with Gasteiger partial charge in [0, 0.05) is 22.4 Å². The van der Waals surface area contributed by atoms with E-state index >= 15 is 0 Å². The monoisotopic (exact) mass is 302 g/mol. The lowest BCUT2D eigenvalue weighted by atomic mass is 10.00. The first-order valence-electron chi connectivity index (χ1n) is 7.94. The van der Waals surface area contributed by atoms with Crippen molar-refractivity contribution in [3.8, 4) is 11.3 Å². The second-order valence-corrected chi connectivity index (χ2v) is 6.39. The Morgan fingerprint density at radius 2 is 1.57 bits per heavy atom. The number of fused-ring (bicyclic) bond motifs is 3. The first-order valence-corrected chi connectivity index (χ1v) is 7.94. The molecular weight excluding hydrogens is 282 g/mol. The van der Waals surface area contributed by atoms with E-state index in [0.717, 1.165) is 11.2 Å². The predicted octanol–water partition coefficient (Wildman–Crippen LogP) is 5.00. The van der Waals surface area contributed by atoms with Crippen molar-refractivity contribution in [3.63, 3.8) is 0 Å². The van der Waals surface area contributed by atoms with Crippen molar-refractivity contribution in [3.05, 3.63) is 65.4 Å². The third-order valence-electron chi connectivity index (χ3n) is 4.61. The molecule has 0 aliphatic carbocycles. The second-order valence-electron chi connectivity index (χ2n) is 6.39. The lowest BCUT2D eigenvalue weighted by Crippen LogP contribution is -2.31. The zero-order valence-electron chi connectivity index (χ0n) is 14.0. The summed E-state index contributed by atoms with van der Waals surface area (Å²) in [7, 11) is 2.09. The van der Waals surface area contributed by atoms with Crippen molar-refractivity contribution in [1.29, 1.82) is 0 Å². The Morgan fingerprint density at radius 3 is 2.35 bits per heavy atom. The molecule has 0 aliphatic heterocycles. The molecule has 0 spiro atoms. The average Bonchev–Trinajstić information content (AvgIpc) is 2.88. The number of furan rings is 1. The molecule has 0 bridgehead atoms. The summed E-state index contributed by atoms with van der Waals surface area (Å²) in [6.45, 7) is 6.36. The van der Waals surface area contributed by atoms with Crippen LogP contribution in [0.5, 0.6) is 0 Å². The fourth-order valence-corrected chi connectivity index (χ4v) is 3.43. The van der Waals surface area contributed by atoms with Gasteiger partial charge in [-0.3, -0.25) is 0 Å². The molecule has 0 fully saturated rings. The van der Waals surface area contributed by atoms with Crippen LogP contribution in [0.1, 0.15) is 16.7 Å². The molecule has 0 atom stereocenters. The van der Waals surface area contributed by atoms with E-state index in [1.54, 1.807) is 0 Å². The normalized spacial score (nSPS) is 11.5. The van der Waals surface area contributed by atoms with Gasteiger partial charge in [0.2, 0.25) is 5.69 Å². The van der Waals surface area contributed by atoms with E-state index in [1.807, 2.05) is 0 Å². The largest absolute Gasteiger partial charge is 0.455 e. The van der Waals surface area contributed by atoms with Gasteiger partial charge in [-0.1, -0.05) is 30.3 Å². The van der Waals surface area contributed by atoms with E-state index in [-0.39, 0.29) is 0 Å². The summed E-state index contributed by atoms with van der Waals surface area (Å²) in [4.78, 5) is 0. The standard InChI is InChI=1S/C21H20NO/c1-13-8-11-18(22(4)12-13)19-14(2)9-10-17-16-7-5-6-15(3)20(16)23-21(17)19/h5-12H,1-4H3/q+1. The van der Waals surface area contributed by atoms with Gasteiger partial charge in [0.15, 0.2) is 6.20 Å². The highest BCUT2D eigenvalue weighted by molar-refractivity contribution is 6.10. The van der Waals surface area contributed by atoms with Crippen LogP contribution in [0.2, 0.25) is 0 Å². The lowest BCUT2D eigenvalue weighted by Gasteiger charge is -2.05. The number of hydrogen-bond donors (Lipinski definition) is 0. The predicted molar refractivity (Wildman–Crippen MR) is 94.5 cm³/mol. The number of pyridine rings is 1. The molecule has 4 aromatic rings. The molecule has 114 valence electrons. The van der Waals surface area contributed by atoms with Crippen LogP contribution in [0.15, 0.2) is 53.1 Å². The smallest absolute Gasteiger partial charge is 0.216 e. The minimum atomic E-state index is 0.980. The van der Waals surface area contributed by atoms with Gasteiger partial charge in [0.1, 0.15) is 18.2 Å². The Morgan fingerprint density at radius 1 is 0.783 bits per heavy atom. The van der Waals surface area contributed by atoms with E-state index < -0.39 is 0 Å². The van der Waals surface area contributed by atoms with Gasteiger partial charge in [0.25, 0.3) is 0 Å². The van der Waals surface area contributed by atoms with E-state index in [2.05, 4.69) is 81.0 Å². The maximum Gasteiger partial charge on any atom is 0.216 e. The molecule has 0 aliphatic rings. The third-order valence-corrected chi connectivity index (χ3v) is 4.61. The number of aromatic nitrogens is 1. The topological polar surface area (TPSA) is 17.0 Å². The summed E-state index contributed by atoms with van der Waals surface area (Å²) in [5.74, 6) is 0. The Balaban J connectivity index is 2.16. The van der Waals surface area contributed by atoms with Crippen LogP contribution in [-0.2, 0) is 7.05 Å². The summed E-state index contributed by atoms with van der Waals surface area (Å²) < 4.78 is 8.50. The zero-order valence-corrected chi connectivity index (χ0v) is 14.0. The molecule has 0 N–H and O–H groups in total. The van der Waals surface area contributed by atoms with Gasteiger partial charge in [-0.15, -0.1) is 0 Å². The van der Waals surface area contributed by atoms with E-state index in [1.165, 1.54) is 38.7 Å². The van der Waals surface area contributed by atoms with Crippen molar-refractivity contribution in [2.45, 2.75) is 20.8 Å². The van der Waals surface area contributed by atoms with Gasteiger partial charge in [-0.25, -0.2) is 4.57 Å². The van der Waals surface area contributed by atoms with E-state index in [9.17, 15) is 0 Å². The van der Waals surface area contributed by atoms with Crippen LogP contribution in [0.25, 0.3) is 33.2 Å². The van der Waals surface area contributed by atoms with Crippen LogP contribution < -0.4 is 4.57 Å². The summed E-state index contributed by atoms with van der Waals surface area (Å²) in [6.07, 6.45) is 2.15. The Labute approximate surface area is 136 Å². The maximum absolute atomic E-state index is 6.32. The molecule has 2 heteroatoms. The molecule has 0 unspecified atom stereocenters. The number of nitrogens with zero attached hydrogens (tertiary/aromatic N) is 1. The molecule has 23 heavy (non-hydrogen) atoms. The van der Waals surface area contributed by atoms with Crippen molar-refractivity contribution in [1.82, 2.24) is 0 Å². The van der Waals surface area contributed by atoms with E-state index in [0.29, 0.717) is 0 Å². The highest BCUT2D eigenvalue weighted by atomic mass is 16.3. The van der Waals surface area contributed by atoms with Crippen LogP contribution in [0.4, 0.5) is 0 Å². The molecule has 2 nitrogen and oxygen atoms in total. The Kier molecular flexibility index (Phi) is 3.02. The highest BCUT2D eigenvalue weighted by Gasteiger charge is 2.20. The molecule has 0 radical (unpaired) electrons. The fraction of sp³-hybridized carbons (Fsp3) is 0.190. The fourth-order valence-electron chi connectivity index (χ4n) is 3.43. The number of rotatable bonds is 1. The lowest BCUT2D eigenvalue weighted by molar-refractivity contribution is -0.660. The molecule has 2 heterocycles. The number of hydrogen-bond acceptors (Lipinski definition) is 1. The van der Waals surface area contributed by atoms with Gasteiger partial charge >= 0.3 is 0 Å². The van der Waals surface area contributed by atoms with Crippen LogP contribution in [0.3, 0.4) is 0 Å². The zero-order chi connectivity index (χ0) is 16.1. The first-order chi connectivity index (χ1) is 11.1.